The van der Waals surface area contributed by atoms with Gasteiger partial charge >= 0.3 is 0 Å². The lowest BCUT2D eigenvalue weighted by molar-refractivity contribution is -0.130. The molecule has 2 aromatic carbocycles. The number of primary amides is 1. The zero-order valence-electron chi connectivity index (χ0n) is 15.8. The van der Waals surface area contributed by atoms with Crippen LogP contribution in [0.1, 0.15) is 23.6 Å². The number of carbonyl (C=O) groups is 3. The maximum atomic E-state index is 13.4. The molecule has 2 atom stereocenters. The molecule has 0 aromatic heterocycles. The summed E-state index contributed by atoms with van der Waals surface area (Å²) in [6.45, 7) is 1.25. The summed E-state index contributed by atoms with van der Waals surface area (Å²) in [4.78, 5) is 36.1. The second-order valence-corrected chi connectivity index (χ2v) is 6.57. The summed E-state index contributed by atoms with van der Waals surface area (Å²) in [5.41, 5.74) is 7.00. The van der Waals surface area contributed by atoms with E-state index in [0.717, 1.165) is 0 Å². The Morgan fingerprint density at radius 2 is 1.66 bits per heavy atom. The number of nitrogens with one attached hydrogen (secondary N) is 2. The van der Waals surface area contributed by atoms with Crippen LogP contribution in [0.3, 0.4) is 0 Å². The average molecular weight is 396 g/mol. The first kappa shape index (κ1) is 21.6. The van der Waals surface area contributed by atoms with Gasteiger partial charge < -0.3 is 16.4 Å². The highest BCUT2D eigenvalue weighted by Gasteiger charge is 2.25. The maximum Gasteiger partial charge on any atom is 0.243 e. The fourth-order valence-electron chi connectivity index (χ4n) is 2.85. The fraction of sp³-hybridized carbons (Fsp3) is 0.238. The third-order valence-electron chi connectivity index (χ3n) is 4.18. The van der Waals surface area contributed by atoms with Crippen LogP contribution in [-0.2, 0) is 27.2 Å². The molecule has 0 bridgehead atoms. The van der Waals surface area contributed by atoms with Crippen molar-refractivity contribution >= 4 is 17.7 Å². The van der Waals surface area contributed by atoms with Gasteiger partial charge in [0.1, 0.15) is 17.9 Å². The zero-order valence-corrected chi connectivity index (χ0v) is 15.8. The minimum absolute atomic E-state index is 0.0403. The third kappa shape index (κ3) is 6.74. The number of carbonyl (C=O) groups excluding carboxylic acids is 3. The van der Waals surface area contributed by atoms with Crippen LogP contribution in [0.15, 0.2) is 48.5 Å². The Kier molecular flexibility index (Phi) is 7.43. The van der Waals surface area contributed by atoms with E-state index in [0.29, 0.717) is 16.7 Å². The molecule has 7 nitrogen and oxygen atoms in total. The lowest BCUT2D eigenvalue weighted by atomic mass is 10.0. The average Bonchev–Trinajstić information content (AvgIpc) is 2.66. The van der Waals surface area contributed by atoms with Crippen LogP contribution in [0.2, 0.25) is 0 Å². The Morgan fingerprint density at radius 1 is 1.03 bits per heavy atom. The molecule has 29 heavy (non-hydrogen) atoms. The van der Waals surface area contributed by atoms with Crippen LogP contribution in [-0.4, -0.2) is 29.8 Å². The second kappa shape index (κ2) is 9.99. The minimum Gasteiger partial charge on any atom is -0.368 e. The normalized spacial score (nSPS) is 12.3. The summed E-state index contributed by atoms with van der Waals surface area (Å²) in [7, 11) is 0. The van der Waals surface area contributed by atoms with Gasteiger partial charge in [0.05, 0.1) is 11.6 Å². The molecule has 0 saturated heterocycles. The van der Waals surface area contributed by atoms with Crippen molar-refractivity contribution in [1.29, 1.82) is 5.26 Å². The topological polar surface area (TPSA) is 125 Å². The highest BCUT2D eigenvalue weighted by atomic mass is 19.1. The van der Waals surface area contributed by atoms with Gasteiger partial charge in [-0.25, -0.2) is 4.39 Å². The molecule has 0 unspecified atom stereocenters. The van der Waals surface area contributed by atoms with E-state index in [1.54, 1.807) is 30.3 Å². The predicted molar refractivity (Wildman–Crippen MR) is 104 cm³/mol. The number of nitrogens with zero attached hydrogens (tertiary/aromatic N) is 1. The first-order chi connectivity index (χ1) is 13.8. The van der Waals surface area contributed by atoms with E-state index >= 15 is 0 Å². The van der Waals surface area contributed by atoms with Gasteiger partial charge in [-0.3, -0.25) is 14.4 Å². The van der Waals surface area contributed by atoms with E-state index in [9.17, 15) is 18.8 Å². The summed E-state index contributed by atoms with van der Waals surface area (Å²) in [5.74, 6) is -2.28. The molecule has 0 heterocycles. The van der Waals surface area contributed by atoms with E-state index in [-0.39, 0.29) is 12.8 Å². The van der Waals surface area contributed by atoms with Crippen LogP contribution in [0.5, 0.6) is 0 Å². The van der Waals surface area contributed by atoms with Crippen LogP contribution >= 0.6 is 0 Å². The first-order valence-electron chi connectivity index (χ1n) is 8.88. The molecule has 0 aliphatic carbocycles. The Morgan fingerprint density at radius 3 is 2.24 bits per heavy atom. The van der Waals surface area contributed by atoms with Crippen LogP contribution in [0.4, 0.5) is 4.39 Å². The summed E-state index contributed by atoms with van der Waals surface area (Å²) in [6.07, 6.45) is 0.127. The molecule has 4 N–H and O–H groups in total. The van der Waals surface area contributed by atoms with Crippen molar-refractivity contribution in [1.82, 2.24) is 10.6 Å². The van der Waals surface area contributed by atoms with Crippen LogP contribution in [0.25, 0.3) is 0 Å². The highest BCUT2D eigenvalue weighted by Crippen LogP contribution is 2.10. The van der Waals surface area contributed by atoms with Crippen LogP contribution < -0.4 is 16.4 Å². The van der Waals surface area contributed by atoms with Gasteiger partial charge in [-0.15, -0.1) is 0 Å². The molecule has 150 valence electrons. The lowest BCUT2D eigenvalue weighted by Crippen LogP contribution is -2.54. The SMILES string of the molecule is CC(=O)N[C@@H](Cc1cccc(F)c1)C(=O)N[C@H](Cc1cccc(C#N)c1)C(N)=O. The van der Waals surface area contributed by atoms with E-state index in [1.807, 2.05) is 6.07 Å². The molecular formula is C21H21FN4O3. The molecule has 0 radical (unpaired) electrons. The number of hydrogen-bond acceptors (Lipinski definition) is 4. The Balaban J connectivity index is 2.16. The highest BCUT2D eigenvalue weighted by molar-refractivity contribution is 5.91. The van der Waals surface area contributed by atoms with Gasteiger partial charge in [-0.1, -0.05) is 24.3 Å². The van der Waals surface area contributed by atoms with Crippen molar-refractivity contribution in [2.75, 3.05) is 0 Å². The number of amides is 3. The molecule has 3 amide bonds. The zero-order chi connectivity index (χ0) is 21.4. The van der Waals surface area contributed by atoms with Crippen molar-refractivity contribution < 1.29 is 18.8 Å². The van der Waals surface area contributed by atoms with Crippen molar-refractivity contribution in [3.8, 4) is 6.07 Å². The number of nitrogens with two attached hydrogens (primary N) is 1. The number of nitriles is 1. The molecule has 8 heteroatoms. The van der Waals surface area contributed by atoms with Gasteiger partial charge in [-0.05, 0) is 35.4 Å². The number of halogens is 1. The lowest BCUT2D eigenvalue weighted by Gasteiger charge is -2.22. The van der Waals surface area contributed by atoms with E-state index in [2.05, 4.69) is 10.6 Å². The Labute approximate surface area is 167 Å². The van der Waals surface area contributed by atoms with Gasteiger partial charge in [0.2, 0.25) is 17.7 Å². The molecule has 0 fully saturated rings. The second-order valence-electron chi connectivity index (χ2n) is 6.57. The molecule has 2 aromatic rings. The van der Waals surface area contributed by atoms with Crippen molar-refractivity contribution in [3.05, 3.63) is 71.0 Å². The largest absolute Gasteiger partial charge is 0.368 e. The van der Waals surface area contributed by atoms with E-state index in [1.165, 1.54) is 25.1 Å². The molecular weight excluding hydrogens is 375 g/mol. The van der Waals surface area contributed by atoms with Gasteiger partial charge in [0, 0.05) is 19.8 Å². The molecule has 2 rings (SSSR count). The molecule has 0 spiro atoms. The summed E-state index contributed by atoms with van der Waals surface area (Å²) in [5, 5.41) is 14.0. The Bertz CT molecular complexity index is 955. The number of benzene rings is 2. The van der Waals surface area contributed by atoms with Crippen molar-refractivity contribution in [2.24, 2.45) is 5.73 Å². The van der Waals surface area contributed by atoms with Crippen molar-refractivity contribution in [3.63, 3.8) is 0 Å². The van der Waals surface area contributed by atoms with Gasteiger partial charge in [0.15, 0.2) is 0 Å². The standard InChI is InChI=1S/C21H21FN4O3/c1-13(27)25-19(11-15-5-3-7-17(22)9-15)21(29)26-18(20(24)28)10-14-4-2-6-16(8-14)12-23/h2-9,18-19H,10-11H2,1H3,(H2,24,28)(H,25,27)(H,26,29)/t18-,19+/m1/s1. The maximum absolute atomic E-state index is 13.4. The molecule has 0 saturated carbocycles. The summed E-state index contributed by atoms with van der Waals surface area (Å²) in [6, 6.07) is 12.2. The fourth-order valence-corrected chi connectivity index (χ4v) is 2.85. The minimum atomic E-state index is -1.04. The first-order valence-corrected chi connectivity index (χ1v) is 8.88. The van der Waals surface area contributed by atoms with Gasteiger partial charge in [0.25, 0.3) is 0 Å². The van der Waals surface area contributed by atoms with Gasteiger partial charge in [-0.2, -0.15) is 5.26 Å². The summed E-state index contributed by atoms with van der Waals surface area (Å²) < 4.78 is 13.4. The monoisotopic (exact) mass is 396 g/mol. The van der Waals surface area contributed by atoms with Crippen molar-refractivity contribution in [2.45, 2.75) is 31.8 Å². The molecule has 0 aliphatic rings. The Hall–Kier alpha value is -3.73. The predicted octanol–water partition coefficient (Wildman–Crippen LogP) is 0.957. The van der Waals surface area contributed by atoms with E-state index in [4.69, 9.17) is 11.0 Å². The molecule has 0 aliphatic heterocycles. The van der Waals surface area contributed by atoms with E-state index < -0.39 is 35.6 Å². The quantitative estimate of drug-likeness (QED) is 0.614. The third-order valence-corrected chi connectivity index (χ3v) is 4.18. The smallest absolute Gasteiger partial charge is 0.243 e. The van der Waals surface area contributed by atoms with Crippen LogP contribution in [0, 0.1) is 17.1 Å². The number of hydrogen-bond donors (Lipinski definition) is 3. The number of rotatable bonds is 8. The summed E-state index contributed by atoms with van der Waals surface area (Å²) >= 11 is 0.